The first-order valence-corrected chi connectivity index (χ1v) is 10.8. The van der Waals surface area contributed by atoms with Crippen LogP contribution in [0.3, 0.4) is 0 Å². The van der Waals surface area contributed by atoms with E-state index >= 15 is 0 Å². The molecule has 0 radical (unpaired) electrons. The maximum atomic E-state index is 13.7. The molecule has 2 amide bonds. The molecule has 1 saturated heterocycles. The molecule has 0 saturated carbocycles. The molecule has 0 aliphatic carbocycles. The van der Waals surface area contributed by atoms with Crippen LogP contribution in [0.1, 0.15) is 12.0 Å². The molecular weight excluding hydrogens is 469 g/mol. The Labute approximate surface area is 189 Å². The zero-order chi connectivity index (χ0) is 22.1. The van der Waals surface area contributed by atoms with Crippen LogP contribution in [0.5, 0.6) is 5.75 Å². The predicted molar refractivity (Wildman–Crippen MR) is 118 cm³/mol. The molecule has 0 bridgehead atoms. The smallest absolute Gasteiger partial charge is 0.258 e. The fourth-order valence-electron chi connectivity index (χ4n) is 3.05. The largest absolute Gasteiger partial charge is 0.481 e. The maximum absolute atomic E-state index is 13.7. The van der Waals surface area contributed by atoms with Crippen LogP contribution in [0.2, 0.25) is 0 Å². The molecule has 2 N–H and O–H groups in total. The van der Waals surface area contributed by atoms with E-state index in [1.807, 2.05) is 18.2 Å². The second-order valence-electron chi connectivity index (χ2n) is 7.09. The minimum atomic E-state index is -0.542. The van der Waals surface area contributed by atoms with E-state index in [4.69, 9.17) is 9.47 Å². The molecule has 9 heteroatoms. The van der Waals surface area contributed by atoms with Gasteiger partial charge in [-0.25, -0.2) is 4.39 Å². The van der Waals surface area contributed by atoms with Crippen molar-refractivity contribution in [2.45, 2.75) is 13.0 Å². The number of carbonyl (C=O) groups excluding carboxylic acids is 2. The first-order chi connectivity index (χ1) is 15.0. The lowest BCUT2D eigenvalue weighted by atomic mass is 10.2. The van der Waals surface area contributed by atoms with Gasteiger partial charge in [0.15, 0.2) is 18.2 Å². The zero-order valence-corrected chi connectivity index (χ0v) is 18.6. The van der Waals surface area contributed by atoms with Gasteiger partial charge in [0, 0.05) is 42.8 Å². The summed E-state index contributed by atoms with van der Waals surface area (Å²) >= 11 is 3.17. The van der Waals surface area contributed by atoms with E-state index in [-0.39, 0.29) is 30.7 Å². The van der Waals surface area contributed by atoms with Crippen LogP contribution in [0.15, 0.2) is 46.9 Å². The molecule has 0 atom stereocenters. The summed E-state index contributed by atoms with van der Waals surface area (Å²) in [6, 6.07) is 11.6. The van der Waals surface area contributed by atoms with Gasteiger partial charge in [-0.15, -0.1) is 0 Å². The van der Waals surface area contributed by atoms with Crippen molar-refractivity contribution in [1.82, 2.24) is 10.2 Å². The number of carbonyl (C=O) groups is 2. The van der Waals surface area contributed by atoms with Crippen LogP contribution < -0.4 is 15.4 Å². The predicted octanol–water partition coefficient (Wildman–Crippen LogP) is 2.94. The highest BCUT2D eigenvalue weighted by Gasteiger charge is 2.12. The molecule has 166 valence electrons. The molecule has 1 aliphatic heterocycles. The van der Waals surface area contributed by atoms with Crippen LogP contribution in [0.25, 0.3) is 0 Å². The number of amides is 2. The van der Waals surface area contributed by atoms with Gasteiger partial charge in [0.25, 0.3) is 5.91 Å². The Hall–Kier alpha value is -2.49. The van der Waals surface area contributed by atoms with Crippen LogP contribution in [-0.2, 0) is 20.9 Å². The highest BCUT2D eigenvalue weighted by atomic mass is 79.9. The number of rotatable bonds is 9. The second-order valence-corrected chi connectivity index (χ2v) is 8.01. The maximum Gasteiger partial charge on any atom is 0.258 e. The number of nitrogens with one attached hydrogen (secondary N) is 2. The number of hydrogen-bond donors (Lipinski definition) is 2. The van der Waals surface area contributed by atoms with Gasteiger partial charge in [-0.05, 0) is 35.9 Å². The summed E-state index contributed by atoms with van der Waals surface area (Å²) in [5, 5.41) is 5.61. The highest BCUT2D eigenvalue weighted by Crippen LogP contribution is 2.21. The molecule has 7 nitrogen and oxygen atoms in total. The molecule has 3 rings (SSSR count). The van der Waals surface area contributed by atoms with Gasteiger partial charge in [0.2, 0.25) is 5.91 Å². The lowest BCUT2D eigenvalue weighted by Gasteiger charge is -2.26. The Kier molecular flexibility index (Phi) is 8.81. The number of benzene rings is 2. The van der Waals surface area contributed by atoms with Crippen LogP contribution >= 0.6 is 15.9 Å². The van der Waals surface area contributed by atoms with E-state index in [9.17, 15) is 14.0 Å². The first kappa shape index (κ1) is 23.2. The van der Waals surface area contributed by atoms with Crippen molar-refractivity contribution in [2.75, 3.05) is 44.8 Å². The van der Waals surface area contributed by atoms with Crippen molar-refractivity contribution in [2.24, 2.45) is 0 Å². The Bertz CT molecular complexity index is 906. The van der Waals surface area contributed by atoms with Crippen molar-refractivity contribution in [3.8, 4) is 5.75 Å². The Morgan fingerprint density at radius 2 is 1.94 bits per heavy atom. The van der Waals surface area contributed by atoms with Crippen molar-refractivity contribution in [3.63, 3.8) is 0 Å². The monoisotopic (exact) mass is 493 g/mol. The quantitative estimate of drug-likeness (QED) is 0.561. The highest BCUT2D eigenvalue weighted by molar-refractivity contribution is 9.10. The normalized spacial score (nSPS) is 14.1. The number of ether oxygens (including phenoxy) is 2. The van der Waals surface area contributed by atoms with E-state index in [2.05, 4.69) is 31.5 Å². The van der Waals surface area contributed by atoms with Crippen LogP contribution in [-0.4, -0.2) is 56.2 Å². The number of nitrogens with zero attached hydrogens (tertiary/aromatic N) is 1. The molecule has 0 unspecified atom stereocenters. The number of halogens is 2. The van der Waals surface area contributed by atoms with Gasteiger partial charge >= 0.3 is 0 Å². The van der Waals surface area contributed by atoms with Gasteiger partial charge in [-0.3, -0.25) is 14.5 Å². The summed E-state index contributed by atoms with van der Waals surface area (Å²) in [6.07, 6.45) is 0.408. The Morgan fingerprint density at radius 1 is 1.13 bits per heavy atom. The molecule has 1 aliphatic rings. The van der Waals surface area contributed by atoms with Crippen molar-refractivity contribution in [1.29, 1.82) is 0 Å². The van der Waals surface area contributed by atoms with Gasteiger partial charge in [-0.2, -0.15) is 0 Å². The third-order valence-corrected chi connectivity index (χ3v) is 5.21. The van der Waals surface area contributed by atoms with Gasteiger partial charge in [0.1, 0.15) is 0 Å². The lowest BCUT2D eigenvalue weighted by Crippen LogP contribution is -2.38. The van der Waals surface area contributed by atoms with E-state index in [1.54, 1.807) is 12.1 Å². The topological polar surface area (TPSA) is 79.9 Å². The fraction of sp³-hybridized carbons (Fsp3) is 0.364. The molecule has 31 heavy (non-hydrogen) atoms. The number of anilines is 1. The van der Waals surface area contributed by atoms with Crippen LogP contribution in [0, 0.1) is 5.82 Å². The summed E-state index contributed by atoms with van der Waals surface area (Å²) in [7, 11) is 0. The third-order valence-electron chi connectivity index (χ3n) is 4.71. The lowest BCUT2D eigenvalue weighted by molar-refractivity contribution is -0.123. The average molecular weight is 494 g/mol. The molecule has 2 aromatic rings. The van der Waals surface area contributed by atoms with E-state index < -0.39 is 5.82 Å². The molecular formula is C22H25BrFN3O4. The zero-order valence-electron chi connectivity index (χ0n) is 17.0. The van der Waals surface area contributed by atoms with Gasteiger partial charge in [0.05, 0.1) is 13.2 Å². The molecule has 0 spiro atoms. The summed E-state index contributed by atoms with van der Waals surface area (Å²) in [5.74, 6) is -0.959. The molecule has 0 aromatic heterocycles. The summed E-state index contributed by atoms with van der Waals surface area (Å²) in [4.78, 5) is 26.4. The average Bonchev–Trinajstić information content (AvgIpc) is 2.77. The molecule has 2 aromatic carbocycles. The Morgan fingerprint density at radius 3 is 2.71 bits per heavy atom. The van der Waals surface area contributed by atoms with Crippen LogP contribution in [0.4, 0.5) is 10.1 Å². The Balaban J connectivity index is 1.41. The minimum Gasteiger partial charge on any atom is -0.481 e. The van der Waals surface area contributed by atoms with E-state index in [0.29, 0.717) is 36.3 Å². The van der Waals surface area contributed by atoms with Gasteiger partial charge < -0.3 is 20.1 Å². The first-order valence-electron chi connectivity index (χ1n) is 10.0. The van der Waals surface area contributed by atoms with E-state index in [0.717, 1.165) is 18.7 Å². The standard InChI is InChI=1S/C22H25BrFN3O4/c23-17-4-5-20(19(24)13-17)31-15-22(29)25-14-16-2-1-3-18(12-16)26-21(28)6-7-27-8-10-30-11-9-27/h1-5,12-13H,6-11,14-15H2,(H,25,29)(H,26,28). The number of morpholine rings is 1. The molecule has 1 fully saturated rings. The SMILES string of the molecule is O=C(COc1ccc(Br)cc1F)NCc1cccc(NC(=O)CCN2CCOCC2)c1. The summed E-state index contributed by atoms with van der Waals surface area (Å²) < 4.78 is 24.8. The third kappa shape index (κ3) is 7.93. The van der Waals surface area contributed by atoms with E-state index in [1.165, 1.54) is 12.1 Å². The minimum absolute atomic E-state index is 0.0140. The van der Waals surface area contributed by atoms with Gasteiger partial charge in [-0.1, -0.05) is 28.1 Å². The van der Waals surface area contributed by atoms with Crippen molar-refractivity contribution in [3.05, 3.63) is 58.3 Å². The second kappa shape index (κ2) is 11.8. The molecule has 1 heterocycles. The van der Waals surface area contributed by atoms with Crippen molar-refractivity contribution < 1.29 is 23.5 Å². The fourth-order valence-corrected chi connectivity index (χ4v) is 3.39. The summed E-state index contributed by atoms with van der Waals surface area (Å²) in [5.41, 5.74) is 1.50. The summed E-state index contributed by atoms with van der Waals surface area (Å²) in [6.45, 7) is 3.78. The van der Waals surface area contributed by atoms with Crippen molar-refractivity contribution >= 4 is 33.4 Å². The number of hydrogen-bond acceptors (Lipinski definition) is 5.